The van der Waals surface area contributed by atoms with Crippen molar-refractivity contribution >= 4 is 12.6 Å². The molecule has 0 aliphatic rings. The van der Waals surface area contributed by atoms with E-state index in [1.165, 1.54) is 0 Å². The minimum Gasteiger partial charge on any atom is -0.394 e. The van der Waals surface area contributed by atoms with Crippen molar-refractivity contribution in [1.82, 2.24) is 0 Å². The topological polar surface area (TPSA) is 156 Å². The fourth-order valence-electron chi connectivity index (χ4n) is 0.755. The number of carbonyl (C=O) groups is 2. The Kier molecular flexibility index (Phi) is 13.6. The van der Waals surface area contributed by atoms with Gasteiger partial charge in [0.2, 0.25) is 0 Å². The minimum atomic E-state index is -1.20. The van der Waals surface area contributed by atoms with Crippen LogP contribution in [-0.2, 0) is 9.59 Å². The van der Waals surface area contributed by atoms with Crippen LogP contribution in [0.1, 0.15) is 12.8 Å². The summed E-state index contributed by atoms with van der Waals surface area (Å²) >= 11 is 0. The van der Waals surface area contributed by atoms with Crippen molar-refractivity contribution in [2.75, 3.05) is 13.2 Å². The maximum Gasteiger partial charge on any atom is 0.122 e. The molecule has 0 aromatic heterocycles. The normalized spacial score (nSPS) is 16.8. The zero-order valence-corrected chi connectivity index (χ0v) is 9.79. The maximum atomic E-state index is 9.68. The summed E-state index contributed by atoms with van der Waals surface area (Å²) in [6.45, 7) is -1.04. The smallest absolute Gasteiger partial charge is 0.122 e. The van der Waals surface area contributed by atoms with Gasteiger partial charge in [-0.1, -0.05) is 0 Å². The Morgan fingerprint density at radius 1 is 0.667 bits per heavy atom. The lowest BCUT2D eigenvalue weighted by molar-refractivity contribution is -0.112. The second-order valence-electron chi connectivity index (χ2n) is 3.44. The fraction of sp³-hybridized carbons (Fsp3) is 0.800. The molecule has 4 atom stereocenters. The Morgan fingerprint density at radius 2 is 0.944 bits per heavy atom. The number of aliphatic hydroxyl groups is 6. The highest BCUT2D eigenvalue weighted by atomic mass is 16.4. The number of hydrogen-bond acceptors (Lipinski definition) is 8. The van der Waals surface area contributed by atoms with Crippen molar-refractivity contribution in [2.45, 2.75) is 37.3 Å². The van der Waals surface area contributed by atoms with Gasteiger partial charge in [-0.05, 0) is 0 Å². The van der Waals surface area contributed by atoms with E-state index in [2.05, 4.69) is 0 Å². The van der Waals surface area contributed by atoms with Crippen molar-refractivity contribution in [3.05, 3.63) is 0 Å². The van der Waals surface area contributed by atoms with Gasteiger partial charge < -0.3 is 40.2 Å². The average molecular weight is 268 g/mol. The molecule has 0 aromatic carbocycles. The zero-order chi connectivity index (χ0) is 14.6. The second-order valence-corrected chi connectivity index (χ2v) is 3.44. The van der Waals surface area contributed by atoms with Gasteiger partial charge in [0.15, 0.2) is 0 Å². The summed E-state index contributed by atoms with van der Waals surface area (Å²) in [6, 6.07) is 0. The van der Waals surface area contributed by atoms with Gasteiger partial charge >= 0.3 is 0 Å². The van der Waals surface area contributed by atoms with Crippen LogP contribution in [0, 0.1) is 0 Å². The highest BCUT2D eigenvalue weighted by Crippen LogP contribution is 1.95. The summed E-state index contributed by atoms with van der Waals surface area (Å²) in [5, 5.41) is 51.0. The van der Waals surface area contributed by atoms with Gasteiger partial charge in [0, 0.05) is 12.8 Å². The highest BCUT2D eigenvalue weighted by Gasteiger charge is 2.13. The number of aldehydes is 2. The predicted molar refractivity (Wildman–Crippen MR) is 59.6 cm³/mol. The number of hydrogen-bond donors (Lipinski definition) is 6. The Balaban J connectivity index is 0. The van der Waals surface area contributed by atoms with Crippen LogP contribution < -0.4 is 0 Å². The molecule has 0 fully saturated rings. The molecule has 0 bridgehead atoms. The molecule has 8 heteroatoms. The van der Waals surface area contributed by atoms with Crippen LogP contribution in [0.25, 0.3) is 0 Å². The summed E-state index contributed by atoms with van der Waals surface area (Å²) in [5.74, 6) is 0. The third kappa shape index (κ3) is 10.3. The van der Waals surface area contributed by atoms with Crippen molar-refractivity contribution < 1.29 is 40.2 Å². The van der Waals surface area contributed by atoms with E-state index in [-0.39, 0.29) is 12.8 Å². The molecule has 0 amide bonds. The molecule has 0 spiro atoms. The van der Waals surface area contributed by atoms with Crippen molar-refractivity contribution in [3.8, 4) is 0 Å². The molecule has 0 aliphatic carbocycles. The average Bonchev–Trinajstić information content (AvgIpc) is 2.38. The van der Waals surface area contributed by atoms with Gasteiger partial charge in [-0.25, -0.2) is 0 Å². The standard InChI is InChI=1S/2C5H10O4/c2*6-2-1-4(8)5(9)3-7/h2*2,4-5,7-9H,1,3H2. The molecule has 0 saturated carbocycles. The molecular weight excluding hydrogens is 248 g/mol. The lowest BCUT2D eigenvalue weighted by Crippen LogP contribution is -2.29. The van der Waals surface area contributed by atoms with E-state index < -0.39 is 37.6 Å². The van der Waals surface area contributed by atoms with E-state index in [1.54, 1.807) is 0 Å². The van der Waals surface area contributed by atoms with Crippen LogP contribution in [0.15, 0.2) is 0 Å². The fourth-order valence-corrected chi connectivity index (χ4v) is 0.755. The molecule has 18 heavy (non-hydrogen) atoms. The molecule has 0 heterocycles. The lowest BCUT2D eigenvalue weighted by Gasteiger charge is -2.11. The summed E-state index contributed by atoms with van der Waals surface area (Å²) < 4.78 is 0. The first-order valence-electron chi connectivity index (χ1n) is 5.25. The third-order valence-electron chi connectivity index (χ3n) is 1.94. The second kappa shape index (κ2) is 12.6. The monoisotopic (exact) mass is 268 g/mol. The summed E-state index contributed by atoms with van der Waals surface area (Å²) in [7, 11) is 0. The predicted octanol–water partition coefficient (Wildman–Crippen LogP) is -3.42. The number of carbonyl (C=O) groups excluding carboxylic acids is 2. The first kappa shape index (κ1) is 19.4. The minimum absolute atomic E-state index is 0.137. The van der Waals surface area contributed by atoms with E-state index >= 15 is 0 Å². The highest BCUT2D eigenvalue weighted by molar-refractivity contribution is 5.50. The molecule has 0 saturated heterocycles. The van der Waals surface area contributed by atoms with Gasteiger partial charge in [-0.15, -0.1) is 0 Å². The Hall–Kier alpha value is -0.900. The van der Waals surface area contributed by atoms with E-state index in [4.69, 9.17) is 30.6 Å². The Morgan fingerprint density at radius 3 is 1.11 bits per heavy atom. The Labute approximate surface area is 104 Å². The molecule has 0 aliphatic heterocycles. The molecule has 6 N–H and O–H groups in total. The molecule has 108 valence electrons. The quantitative estimate of drug-likeness (QED) is 0.248. The summed E-state index contributed by atoms with van der Waals surface area (Å²) in [6.07, 6.45) is -3.96. The molecule has 4 unspecified atom stereocenters. The Bertz CT molecular complexity index is 188. The molecule has 8 nitrogen and oxygen atoms in total. The van der Waals surface area contributed by atoms with Crippen LogP contribution in [0.5, 0.6) is 0 Å². The maximum absolute atomic E-state index is 9.68. The zero-order valence-electron chi connectivity index (χ0n) is 9.79. The van der Waals surface area contributed by atoms with Crippen molar-refractivity contribution in [1.29, 1.82) is 0 Å². The molecule has 0 rings (SSSR count). The summed E-state index contributed by atoms with van der Waals surface area (Å²) in [5.41, 5.74) is 0. The van der Waals surface area contributed by atoms with Crippen molar-refractivity contribution in [3.63, 3.8) is 0 Å². The van der Waals surface area contributed by atoms with Gasteiger partial charge in [-0.3, -0.25) is 0 Å². The van der Waals surface area contributed by atoms with Gasteiger partial charge in [0.1, 0.15) is 24.8 Å². The number of aliphatic hydroxyl groups excluding tert-OH is 6. The van der Waals surface area contributed by atoms with Crippen LogP contribution in [0.4, 0.5) is 0 Å². The summed E-state index contributed by atoms with van der Waals surface area (Å²) in [4.78, 5) is 19.4. The lowest BCUT2D eigenvalue weighted by atomic mass is 10.2. The van der Waals surface area contributed by atoms with Crippen LogP contribution in [0.2, 0.25) is 0 Å². The van der Waals surface area contributed by atoms with E-state index in [0.717, 1.165) is 0 Å². The van der Waals surface area contributed by atoms with E-state index in [9.17, 15) is 9.59 Å². The van der Waals surface area contributed by atoms with Gasteiger partial charge in [-0.2, -0.15) is 0 Å². The first-order valence-corrected chi connectivity index (χ1v) is 5.25. The molecule has 0 aromatic rings. The first-order chi connectivity index (χ1) is 8.44. The van der Waals surface area contributed by atoms with Gasteiger partial charge in [0.25, 0.3) is 0 Å². The molecule has 0 radical (unpaired) electrons. The largest absolute Gasteiger partial charge is 0.394 e. The van der Waals surface area contributed by atoms with E-state index in [0.29, 0.717) is 12.6 Å². The van der Waals surface area contributed by atoms with Crippen LogP contribution >= 0.6 is 0 Å². The SMILES string of the molecule is O=CCC(O)C(O)CO.O=CCC(O)C(O)CO. The van der Waals surface area contributed by atoms with Crippen LogP contribution in [0.3, 0.4) is 0 Å². The van der Waals surface area contributed by atoms with Crippen LogP contribution in [-0.4, -0.2) is 80.8 Å². The van der Waals surface area contributed by atoms with Gasteiger partial charge in [0.05, 0.1) is 25.4 Å². The molecular formula is C10H20O8. The third-order valence-corrected chi connectivity index (χ3v) is 1.94. The number of rotatable bonds is 8. The van der Waals surface area contributed by atoms with Crippen molar-refractivity contribution in [2.24, 2.45) is 0 Å². The van der Waals surface area contributed by atoms with E-state index in [1.807, 2.05) is 0 Å².